The highest BCUT2D eigenvalue weighted by Crippen LogP contribution is 2.14. The van der Waals surface area contributed by atoms with E-state index in [1.807, 2.05) is 0 Å². The molecular weight excluding hydrogens is 697 g/mol. The molecule has 0 aliphatic heterocycles. The molecule has 0 rings (SSSR count). The van der Waals surface area contributed by atoms with Crippen LogP contribution in [0.15, 0.2) is 48.6 Å². The molecule has 1 unspecified atom stereocenters. The van der Waals surface area contributed by atoms with E-state index >= 15 is 0 Å². The average molecular weight is 785 g/mol. The van der Waals surface area contributed by atoms with Gasteiger partial charge in [0.1, 0.15) is 13.2 Å². The fraction of sp³-hybridized carbons (Fsp3) is 0.780. The van der Waals surface area contributed by atoms with Gasteiger partial charge in [-0.25, -0.2) is 0 Å². The maximum atomic E-state index is 12.7. The van der Waals surface area contributed by atoms with Gasteiger partial charge in [0.15, 0.2) is 6.10 Å². The highest BCUT2D eigenvalue weighted by atomic mass is 16.6. The predicted molar refractivity (Wildman–Crippen MR) is 238 cm³/mol. The zero-order valence-electron chi connectivity index (χ0n) is 36.9. The van der Waals surface area contributed by atoms with Crippen molar-refractivity contribution in [2.75, 3.05) is 13.2 Å². The molecule has 0 aromatic heterocycles. The lowest BCUT2D eigenvalue weighted by molar-refractivity contribution is -0.167. The van der Waals surface area contributed by atoms with Crippen LogP contribution in [0.3, 0.4) is 0 Å². The molecule has 0 spiro atoms. The zero-order valence-corrected chi connectivity index (χ0v) is 36.9. The summed E-state index contributed by atoms with van der Waals surface area (Å²) in [6.07, 6.45) is 52.4. The summed E-state index contributed by atoms with van der Waals surface area (Å²) in [6, 6.07) is 0. The number of carbonyl (C=O) groups is 3. The molecule has 0 heterocycles. The van der Waals surface area contributed by atoms with E-state index in [9.17, 15) is 14.4 Å². The first-order chi connectivity index (χ1) is 27.5. The van der Waals surface area contributed by atoms with Gasteiger partial charge in [0.2, 0.25) is 0 Å². The Morgan fingerprint density at radius 3 is 1.16 bits per heavy atom. The fourth-order valence-corrected chi connectivity index (χ4v) is 6.51. The van der Waals surface area contributed by atoms with E-state index in [0.29, 0.717) is 19.3 Å². The number of carbonyl (C=O) groups excluding carboxylic acids is 3. The molecule has 6 heteroatoms. The number of hydrogen-bond acceptors (Lipinski definition) is 6. The van der Waals surface area contributed by atoms with Crippen LogP contribution < -0.4 is 0 Å². The van der Waals surface area contributed by atoms with Gasteiger partial charge in [0.05, 0.1) is 0 Å². The normalized spacial score (nSPS) is 12.4. The summed E-state index contributed by atoms with van der Waals surface area (Å²) in [6.45, 7) is 6.46. The molecule has 0 aromatic carbocycles. The Hall–Kier alpha value is -2.63. The van der Waals surface area contributed by atoms with Gasteiger partial charge in [0, 0.05) is 19.3 Å². The summed E-state index contributed by atoms with van der Waals surface area (Å²) in [4.78, 5) is 37.7. The lowest BCUT2D eigenvalue weighted by Gasteiger charge is -2.18. The van der Waals surface area contributed by atoms with E-state index in [4.69, 9.17) is 14.2 Å². The van der Waals surface area contributed by atoms with Crippen LogP contribution >= 0.6 is 0 Å². The van der Waals surface area contributed by atoms with Gasteiger partial charge >= 0.3 is 17.9 Å². The second kappa shape index (κ2) is 45.1. The van der Waals surface area contributed by atoms with Gasteiger partial charge in [-0.1, -0.05) is 185 Å². The third kappa shape index (κ3) is 42.5. The highest BCUT2D eigenvalue weighted by Gasteiger charge is 2.19. The molecule has 0 aliphatic rings. The van der Waals surface area contributed by atoms with Crippen LogP contribution in [0.1, 0.15) is 233 Å². The summed E-state index contributed by atoms with van der Waals surface area (Å²) in [5, 5.41) is 0. The molecule has 0 aromatic rings. The quantitative estimate of drug-likeness (QED) is 0.0265. The van der Waals surface area contributed by atoms with Crippen molar-refractivity contribution in [3.05, 3.63) is 48.6 Å². The Morgan fingerprint density at radius 2 is 0.696 bits per heavy atom. The molecule has 0 saturated heterocycles. The second-order valence-corrected chi connectivity index (χ2v) is 15.6. The van der Waals surface area contributed by atoms with Crippen LogP contribution in [0.5, 0.6) is 0 Å². The van der Waals surface area contributed by atoms with Crippen LogP contribution in [0.2, 0.25) is 0 Å². The van der Waals surface area contributed by atoms with Crippen LogP contribution in [0.25, 0.3) is 0 Å². The molecule has 0 amide bonds. The first kappa shape index (κ1) is 53.4. The number of ether oxygens (including phenoxy) is 3. The smallest absolute Gasteiger partial charge is 0.306 e. The number of unbranched alkanes of at least 4 members (excludes halogenated alkanes) is 23. The lowest BCUT2D eigenvalue weighted by Crippen LogP contribution is -2.30. The maximum absolute atomic E-state index is 12.7. The van der Waals surface area contributed by atoms with Crippen molar-refractivity contribution in [3.8, 4) is 0 Å². The molecule has 56 heavy (non-hydrogen) atoms. The van der Waals surface area contributed by atoms with Crippen LogP contribution in [0.4, 0.5) is 0 Å². The predicted octanol–water partition coefficient (Wildman–Crippen LogP) is 15.1. The topological polar surface area (TPSA) is 78.9 Å². The summed E-state index contributed by atoms with van der Waals surface area (Å²) < 4.78 is 16.7. The molecule has 324 valence electrons. The lowest BCUT2D eigenvalue weighted by atomic mass is 10.0. The zero-order chi connectivity index (χ0) is 40.8. The number of esters is 3. The molecule has 0 bridgehead atoms. The Morgan fingerprint density at radius 1 is 0.375 bits per heavy atom. The highest BCUT2D eigenvalue weighted by molar-refractivity contribution is 5.71. The van der Waals surface area contributed by atoms with Crippen molar-refractivity contribution in [1.29, 1.82) is 0 Å². The Balaban J connectivity index is 4.43. The third-order valence-electron chi connectivity index (χ3n) is 10.1. The van der Waals surface area contributed by atoms with Gasteiger partial charge in [-0.3, -0.25) is 14.4 Å². The Kier molecular flexibility index (Phi) is 43.0. The van der Waals surface area contributed by atoms with E-state index in [1.165, 1.54) is 103 Å². The number of allylic oxidation sites excluding steroid dienone is 8. The van der Waals surface area contributed by atoms with Crippen molar-refractivity contribution < 1.29 is 28.6 Å². The van der Waals surface area contributed by atoms with Gasteiger partial charge < -0.3 is 14.2 Å². The van der Waals surface area contributed by atoms with E-state index in [-0.39, 0.29) is 37.5 Å². The minimum absolute atomic E-state index is 0.0915. The molecular formula is C50H88O6. The van der Waals surface area contributed by atoms with Crippen LogP contribution in [-0.4, -0.2) is 37.2 Å². The van der Waals surface area contributed by atoms with Gasteiger partial charge in [-0.15, -0.1) is 0 Å². The molecule has 0 radical (unpaired) electrons. The summed E-state index contributed by atoms with van der Waals surface area (Å²) in [5.74, 6) is -0.947. The van der Waals surface area contributed by atoms with Crippen molar-refractivity contribution in [2.24, 2.45) is 0 Å². The SMILES string of the molecule is CC/C=C\C/C=C\C/C=C\CCCCC(=O)OC(COC(=O)CCCCC/C=C\CCCCCCCCC)COC(=O)CCCCCCCCCCCCCC. The standard InChI is InChI=1S/C50H88O6/c1-4-7-10-13-16-19-22-25-26-29-31-34-37-40-43-49(52)55-46-47(56-50(53)44-41-38-35-32-28-24-21-18-15-12-9-6-3)45-54-48(51)42-39-36-33-30-27-23-20-17-14-11-8-5-2/h9,12,18,21,26,28-29,32,47H,4-8,10-11,13-17,19-20,22-25,27,30-31,33-46H2,1-3H3/b12-9-,21-18-,29-26-,32-28-. The molecule has 0 aliphatic carbocycles. The monoisotopic (exact) mass is 785 g/mol. The second-order valence-electron chi connectivity index (χ2n) is 15.6. The largest absolute Gasteiger partial charge is 0.462 e. The van der Waals surface area contributed by atoms with Gasteiger partial charge in [0.25, 0.3) is 0 Å². The summed E-state index contributed by atoms with van der Waals surface area (Å²) in [5.41, 5.74) is 0. The van der Waals surface area contributed by atoms with Crippen LogP contribution in [0, 0.1) is 0 Å². The van der Waals surface area contributed by atoms with E-state index in [0.717, 1.165) is 83.5 Å². The maximum Gasteiger partial charge on any atom is 0.306 e. The van der Waals surface area contributed by atoms with Crippen molar-refractivity contribution in [3.63, 3.8) is 0 Å². The number of hydrogen-bond donors (Lipinski definition) is 0. The third-order valence-corrected chi connectivity index (χ3v) is 10.1. The van der Waals surface area contributed by atoms with Gasteiger partial charge in [-0.2, -0.15) is 0 Å². The molecule has 0 N–H and O–H groups in total. The summed E-state index contributed by atoms with van der Waals surface area (Å²) in [7, 11) is 0. The fourth-order valence-electron chi connectivity index (χ4n) is 6.51. The Bertz CT molecular complexity index is 996. The molecule has 0 fully saturated rings. The first-order valence-electron chi connectivity index (χ1n) is 23.6. The molecule has 0 saturated carbocycles. The minimum atomic E-state index is -0.794. The van der Waals surface area contributed by atoms with Crippen LogP contribution in [-0.2, 0) is 28.6 Å². The Labute approximate surface area is 346 Å². The minimum Gasteiger partial charge on any atom is -0.462 e. The molecule has 6 nitrogen and oxygen atoms in total. The number of rotatable bonds is 42. The average Bonchev–Trinajstić information content (AvgIpc) is 3.19. The van der Waals surface area contributed by atoms with E-state index in [1.54, 1.807) is 0 Å². The molecule has 1 atom stereocenters. The van der Waals surface area contributed by atoms with Crippen molar-refractivity contribution >= 4 is 17.9 Å². The van der Waals surface area contributed by atoms with Crippen molar-refractivity contribution in [1.82, 2.24) is 0 Å². The first-order valence-corrected chi connectivity index (χ1v) is 23.6. The van der Waals surface area contributed by atoms with E-state index in [2.05, 4.69) is 69.4 Å². The van der Waals surface area contributed by atoms with Crippen molar-refractivity contribution in [2.45, 2.75) is 239 Å². The van der Waals surface area contributed by atoms with Gasteiger partial charge in [-0.05, 0) is 77.0 Å². The van der Waals surface area contributed by atoms with E-state index < -0.39 is 6.10 Å². The summed E-state index contributed by atoms with van der Waals surface area (Å²) >= 11 is 0.